The molecule has 0 fully saturated rings. The second-order valence-electron chi connectivity index (χ2n) is 5.08. The SMILES string of the molecule is CCc1ccc(C(Cl)c2cccc(C)c2Br)cc1CC. The van der Waals surface area contributed by atoms with Gasteiger partial charge in [-0.25, -0.2) is 0 Å². The minimum absolute atomic E-state index is 0.111. The van der Waals surface area contributed by atoms with E-state index in [-0.39, 0.29) is 5.38 Å². The van der Waals surface area contributed by atoms with Gasteiger partial charge in [-0.2, -0.15) is 0 Å². The molecule has 2 heteroatoms. The Morgan fingerprint density at radius 1 is 1.05 bits per heavy atom. The van der Waals surface area contributed by atoms with E-state index in [2.05, 4.69) is 73.1 Å². The zero-order valence-corrected chi connectivity index (χ0v) is 14.6. The zero-order valence-electron chi connectivity index (χ0n) is 12.2. The summed E-state index contributed by atoms with van der Waals surface area (Å²) in [6.07, 6.45) is 2.13. The lowest BCUT2D eigenvalue weighted by molar-refractivity contribution is 1.01. The summed E-state index contributed by atoms with van der Waals surface area (Å²) in [6.45, 7) is 6.49. The summed E-state index contributed by atoms with van der Waals surface area (Å²) in [7, 11) is 0. The van der Waals surface area contributed by atoms with E-state index >= 15 is 0 Å². The molecule has 0 N–H and O–H groups in total. The van der Waals surface area contributed by atoms with Crippen LogP contribution >= 0.6 is 27.5 Å². The van der Waals surface area contributed by atoms with Crippen molar-refractivity contribution in [2.75, 3.05) is 0 Å². The molecule has 0 saturated heterocycles. The van der Waals surface area contributed by atoms with Gasteiger partial charge in [-0.05, 0) is 47.6 Å². The number of aryl methyl sites for hydroxylation is 3. The summed E-state index contributed by atoms with van der Waals surface area (Å²) < 4.78 is 1.11. The van der Waals surface area contributed by atoms with Crippen LogP contribution in [0.1, 0.15) is 47.0 Å². The Morgan fingerprint density at radius 2 is 1.75 bits per heavy atom. The Labute approximate surface area is 135 Å². The van der Waals surface area contributed by atoms with Gasteiger partial charge in [0.1, 0.15) is 0 Å². The van der Waals surface area contributed by atoms with Gasteiger partial charge in [0, 0.05) is 4.47 Å². The highest BCUT2D eigenvalue weighted by Gasteiger charge is 2.16. The van der Waals surface area contributed by atoms with Crippen LogP contribution in [0.4, 0.5) is 0 Å². The Morgan fingerprint density at radius 3 is 2.40 bits per heavy atom. The van der Waals surface area contributed by atoms with Crippen molar-refractivity contribution in [2.45, 2.75) is 39.0 Å². The fourth-order valence-electron chi connectivity index (χ4n) is 2.52. The van der Waals surface area contributed by atoms with Crippen molar-refractivity contribution in [1.82, 2.24) is 0 Å². The first-order valence-corrected chi connectivity index (χ1v) is 8.32. The molecule has 0 aromatic heterocycles. The van der Waals surface area contributed by atoms with E-state index in [1.807, 2.05) is 0 Å². The zero-order chi connectivity index (χ0) is 14.7. The van der Waals surface area contributed by atoms with Crippen molar-refractivity contribution in [3.63, 3.8) is 0 Å². The normalized spacial score (nSPS) is 12.4. The summed E-state index contributed by atoms with van der Waals surface area (Å²) in [5.41, 5.74) is 6.35. The fourth-order valence-corrected chi connectivity index (χ4v) is 3.47. The van der Waals surface area contributed by atoms with Crippen LogP contribution in [-0.2, 0) is 12.8 Å². The topological polar surface area (TPSA) is 0 Å². The Kier molecular flexibility index (Phi) is 5.29. The maximum absolute atomic E-state index is 6.70. The van der Waals surface area contributed by atoms with E-state index in [1.54, 1.807) is 0 Å². The van der Waals surface area contributed by atoms with E-state index in [1.165, 1.54) is 22.3 Å². The standard InChI is InChI=1S/C18H20BrCl/c1-4-13-9-10-15(11-14(13)5-2)18(20)16-8-6-7-12(3)17(16)19/h6-11,18H,4-5H2,1-3H3. The van der Waals surface area contributed by atoms with Crippen LogP contribution < -0.4 is 0 Å². The highest BCUT2D eigenvalue weighted by atomic mass is 79.9. The predicted molar refractivity (Wildman–Crippen MR) is 91.8 cm³/mol. The first-order chi connectivity index (χ1) is 9.58. The number of hydrogen-bond donors (Lipinski definition) is 0. The number of benzene rings is 2. The van der Waals surface area contributed by atoms with Gasteiger partial charge in [0.2, 0.25) is 0 Å². The molecule has 0 saturated carbocycles. The Bertz CT molecular complexity index is 604. The highest BCUT2D eigenvalue weighted by molar-refractivity contribution is 9.10. The van der Waals surface area contributed by atoms with Gasteiger partial charge in [0.25, 0.3) is 0 Å². The van der Waals surface area contributed by atoms with Crippen LogP contribution in [0.5, 0.6) is 0 Å². The average Bonchev–Trinajstić information content (AvgIpc) is 2.48. The van der Waals surface area contributed by atoms with Crippen molar-refractivity contribution >= 4 is 27.5 Å². The molecule has 0 aliphatic rings. The first kappa shape index (κ1) is 15.6. The largest absolute Gasteiger partial charge is 0.113 e. The molecule has 106 valence electrons. The van der Waals surface area contributed by atoms with Crippen molar-refractivity contribution in [3.05, 3.63) is 68.7 Å². The summed E-state index contributed by atoms with van der Waals surface area (Å²) >= 11 is 10.4. The molecule has 0 amide bonds. The number of rotatable bonds is 4. The van der Waals surface area contributed by atoms with Crippen LogP contribution in [0.2, 0.25) is 0 Å². The lowest BCUT2D eigenvalue weighted by Gasteiger charge is -2.16. The summed E-state index contributed by atoms with van der Waals surface area (Å²) in [5, 5.41) is -0.111. The molecule has 20 heavy (non-hydrogen) atoms. The van der Waals surface area contributed by atoms with Crippen LogP contribution in [0.15, 0.2) is 40.9 Å². The molecule has 0 aliphatic heterocycles. The summed E-state index contributed by atoms with van der Waals surface area (Å²) in [6, 6.07) is 12.9. The van der Waals surface area contributed by atoms with Gasteiger partial charge >= 0.3 is 0 Å². The Balaban J connectivity index is 2.43. The molecule has 1 unspecified atom stereocenters. The van der Waals surface area contributed by atoms with Gasteiger partial charge in [-0.3, -0.25) is 0 Å². The van der Waals surface area contributed by atoms with Crippen molar-refractivity contribution in [3.8, 4) is 0 Å². The number of hydrogen-bond acceptors (Lipinski definition) is 0. The maximum atomic E-state index is 6.70. The lowest BCUT2D eigenvalue weighted by Crippen LogP contribution is -1.99. The second kappa shape index (κ2) is 6.78. The molecule has 1 atom stereocenters. The molecule has 2 aromatic rings. The minimum Gasteiger partial charge on any atom is -0.113 e. The van der Waals surface area contributed by atoms with E-state index < -0.39 is 0 Å². The highest BCUT2D eigenvalue weighted by Crippen LogP contribution is 2.36. The van der Waals surface area contributed by atoms with Crippen LogP contribution in [0, 0.1) is 6.92 Å². The number of alkyl halides is 1. The van der Waals surface area contributed by atoms with Gasteiger partial charge < -0.3 is 0 Å². The van der Waals surface area contributed by atoms with E-state index in [0.717, 1.165) is 22.9 Å². The van der Waals surface area contributed by atoms with Crippen LogP contribution in [-0.4, -0.2) is 0 Å². The fraction of sp³-hybridized carbons (Fsp3) is 0.333. The third kappa shape index (κ3) is 3.10. The molecule has 0 radical (unpaired) electrons. The molecule has 0 spiro atoms. The van der Waals surface area contributed by atoms with Crippen molar-refractivity contribution in [1.29, 1.82) is 0 Å². The van der Waals surface area contributed by atoms with E-state index in [9.17, 15) is 0 Å². The maximum Gasteiger partial charge on any atom is 0.0846 e. The smallest absolute Gasteiger partial charge is 0.0846 e. The van der Waals surface area contributed by atoms with E-state index in [4.69, 9.17) is 11.6 Å². The van der Waals surface area contributed by atoms with Crippen molar-refractivity contribution < 1.29 is 0 Å². The van der Waals surface area contributed by atoms with Crippen LogP contribution in [0.3, 0.4) is 0 Å². The first-order valence-electron chi connectivity index (χ1n) is 7.09. The molecule has 0 bridgehead atoms. The lowest BCUT2D eigenvalue weighted by atomic mass is 9.96. The molecule has 0 aliphatic carbocycles. The molecular formula is C18H20BrCl. The molecule has 0 nitrogen and oxygen atoms in total. The summed E-state index contributed by atoms with van der Waals surface area (Å²) in [5.74, 6) is 0. The minimum atomic E-state index is -0.111. The van der Waals surface area contributed by atoms with Gasteiger partial charge in [-0.15, -0.1) is 11.6 Å². The molecular weight excluding hydrogens is 332 g/mol. The van der Waals surface area contributed by atoms with Crippen molar-refractivity contribution in [2.24, 2.45) is 0 Å². The van der Waals surface area contributed by atoms with Gasteiger partial charge in [0.05, 0.1) is 5.38 Å². The predicted octanol–water partition coefficient (Wildman–Crippen LogP) is 6.21. The average molecular weight is 352 g/mol. The summed E-state index contributed by atoms with van der Waals surface area (Å²) in [4.78, 5) is 0. The number of halogens is 2. The third-order valence-electron chi connectivity index (χ3n) is 3.78. The molecule has 0 heterocycles. The monoisotopic (exact) mass is 350 g/mol. The Hall–Kier alpha value is -0.790. The molecule has 2 aromatic carbocycles. The van der Waals surface area contributed by atoms with Crippen LogP contribution in [0.25, 0.3) is 0 Å². The molecule has 2 rings (SSSR count). The van der Waals surface area contributed by atoms with E-state index in [0.29, 0.717) is 0 Å². The second-order valence-corrected chi connectivity index (χ2v) is 6.31. The van der Waals surface area contributed by atoms with Gasteiger partial charge in [0.15, 0.2) is 0 Å². The third-order valence-corrected chi connectivity index (χ3v) is 5.35. The van der Waals surface area contributed by atoms with Gasteiger partial charge in [-0.1, -0.05) is 66.2 Å². The quantitative estimate of drug-likeness (QED) is 0.574.